The van der Waals surface area contributed by atoms with Gasteiger partial charge in [-0.05, 0) is 36.0 Å². The molecule has 4 rings (SSSR count). The molecule has 2 aromatic carbocycles. The van der Waals surface area contributed by atoms with Gasteiger partial charge in [-0.15, -0.1) is 0 Å². The first-order valence-corrected chi connectivity index (χ1v) is 9.38. The topological polar surface area (TPSA) is 40.6 Å². The van der Waals surface area contributed by atoms with Crippen LogP contribution in [0.1, 0.15) is 47.3 Å². The van der Waals surface area contributed by atoms with E-state index in [1.165, 1.54) is 0 Å². The molecule has 2 aliphatic rings. The third-order valence-electron chi connectivity index (χ3n) is 5.61. The second kappa shape index (κ2) is 6.94. The van der Waals surface area contributed by atoms with Gasteiger partial charge in [0.1, 0.15) is 6.04 Å². The number of hydrogen-bond acceptors (Lipinski definition) is 2. The zero-order valence-corrected chi connectivity index (χ0v) is 15.1. The van der Waals surface area contributed by atoms with Crippen LogP contribution in [-0.4, -0.2) is 34.7 Å². The maximum Gasteiger partial charge on any atom is 0.255 e. The number of hydrogen-bond donors (Lipinski definition) is 0. The average molecular weight is 348 g/mol. The molecule has 134 valence electrons. The largest absolute Gasteiger partial charge is 0.341 e. The van der Waals surface area contributed by atoms with Crippen molar-refractivity contribution in [3.05, 3.63) is 71.3 Å². The minimum atomic E-state index is -0.551. The van der Waals surface area contributed by atoms with Crippen LogP contribution in [0.2, 0.25) is 0 Å². The molecule has 1 fully saturated rings. The summed E-state index contributed by atoms with van der Waals surface area (Å²) < 4.78 is 0. The van der Waals surface area contributed by atoms with Gasteiger partial charge in [0.25, 0.3) is 5.91 Å². The number of nitrogens with zero attached hydrogens (tertiary/aromatic N) is 2. The third kappa shape index (κ3) is 3.00. The lowest BCUT2D eigenvalue weighted by Crippen LogP contribution is -2.46. The van der Waals surface area contributed by atoms with Crippen molar-refractivity contribution < 1.29 is 9.59 Å². The summed E-state index contributed by atoms with van der Waals surface area (Å²) in [5, 5.41) is 0. The Labute approximate surface area is 154 Å². The van der Waals surface area contributed by atoms with Crippen molar-refractivity contribution in [1.29, 1.82) is 0 Å². The lowest BCUT2D eigenvalue weighted by atomic mass is 9.97. The van der Waals surface area contributed by atoms with Crippen molar-refractivity contribution in [3.8, 4) is 0 Å². The smallest absolute Gasteiger partial charge is 0.255 e. The van der Waals surface area contributed by atoms with Gasteiger partial charge in [0.05, 0.1) is 0 Å². The highest BCUT2D eigenvalue weighted by molar-refractivity contribution is 6.01. The predicted octanol–water partition coefficient (Wildman–Crippen LogP) is 3.64. The molecule has 2 aromatic rings. The molecule has 2 heterocycles. The molecule has 1 saturated heterocycles. The number of amides is 2. The number of fused-ring (bicyclic) bond motifs is 1. The van der Waals surface area contributed by atoms with Crippen LogP contribution in [0.5, 0.6) is 0 Å². The first kappa shape index (κ1) is 16.8. The highest BCUT2D eigenvalue weighted by Crippen LogP contribution is 2.33. The van der Waals surface area contributed by atoms with E-state index in [0.717, 1.165) is 37.1 Å². The summed E-state index contributed by atoms with van der Waals surface area (Å²) in [4.78, 5) is 30.1. The highest BCUT2D eigenvalue weighted by Gasteiger charge is 2.39. The number of carbonyl (C=O) groups excluding carboxylic acids is 2. The summed E-state index contributed by atoms with van der Waals surface area (Å²) >= 11 is 0. The minimum absolute atomic E-state index is 0.0456. The second-order valence-corrected chi connectivity index (χ2v) is 7.41. The van der Waals surface area contributed by atoms with Crippen LogP contribution in [0, 0.1) is 5.92 Å². The van der Waals surface area contributed by atoms with Gasteiger partial charge >= 0.3 is 0 Å². The normalized spacial score (nSPS) is 18.7. The highest BCUT2D eigenvalue weighted by atomic mass is 16.2. The Morgan fingerprint density at radius 1 is 1.00 bits per heavy atom. The number of likely N-dealkylation sites (tertiary alicyclic amines) is 1. The summed E-state index contributed by atoms with van der Waals surface area (Å²) in [6.45, 7) is 4.28. The molecule has 0 N–H and O–H groups in total. The van der Waals surface area contributed by atoms with Gasteiger partial charge in [-0.3, -0.25) is 9.59 Å². The molecule has 2 amide bonds. The van der Waals surface area contributed by atoms with Crippen molar-refractivity contribution in [2.45, 2.75) is 32.4 Å². The Hall–Kier alpha value is -2.62. The van der Waals surface area contributed by atoms with Crippen LogP contribution < -0.4 is 0 Å². The van der Waals surface area contributed by atoms with Gasteiger partial charge in [-0.1, -0.05) is 55.5 Å². The molecular formula is C22H24N2O2. The molecule has 2 aliphatic heterocycles. The summed E-state index contributed by atoms with van der Waals surface area (Å²) in [6.07, 6.45) is 2.06. The maximum atomic E-state index is 13.4. The summed E-state index contributed by atoms with van der Waals surface area (Å²) in [5.74, 6) is 0.657. The molecule has 0 aromatic heterocycles. The van der Waals surface area contributed by atoms with Crippen LogP contribution in [-0.2, 0) is 11.3 Å². The van der Waals surface area contributed by atoms with Crippen molar-refractivity contribution in [2.75, 3.05) is 13.1 Å². The first-order chi connectivity index (χ1) is 12.6. The van der Waals surface area contributed by atoms with Gasteiger partial charge in [-0.2, -0.15) is 0 Å². The Bertz CT molecular complexity index is 810. The lowest BCUT2D eigenvalue weighted by Gasteiger charge is -2.36. The fraction of sp³-hybridized carbons (Fsp3) is 0.364. The molecule has 26 heavy (non-hydrogen) atoms. The van der Waals surface area contributed by atoms with E-state index in [1.807, 2.05) is 59.5 Å². The van der Waals surface area contributed by atoms with Crippen molar-refractivity contribution in [1.82, 2.24) is 9.80 Å². The van der Waals surface area contributed by atoms with Crippen LogP contribution in [0.3, 0.4) is 0 Å². The van der Waals surface area contributed by atoms with Crippen LogP contribution >= 0.6 is 0 Å². The van der Waals surface area contributed by atoms with Crippen LogP contribution in [0.15, 0.2) is 54.6 Å². The Morgan fingerprint density at radius 2 is 1.65 bits per heavy atom. The van der Waals surface area contributed by atoms with Crippen molar-refractivity contribution in [2.24, 2.45) is 5.92 Å². The fourth-order valence-electron chi connectivity index (χ4n) is 3.98. The quantitative estimate of drug-likeness (QED) is 0.850. The number of piperidine rings is 1. The molecule has 0 spiro atoms. The SMILES string of the molecule is CC1CCN(C(=O)C(c2ccccc2)N2Cc3ccccc3C2=O)CC1. The summed E-state index contributed by atoms with van der Waals surface area (Å²) in [7, 11) is 0. The molecule has 4 heteroatoms. The Kier molecular flexibility index (Phi) is 4.49. The van der Waals surface area contributed by atoms with E-state index in [-0.39, 0.29) is 11.8 Å². The summed E-state index contributed by atoms with van der Waals surface area (Å²) in [6, 6.07) is 16.8. The maximum absolute atomic E-state index is 13.4. The van der Waals surface area contributed by atoms with Gasteiger partial charge < -0.3 is 9.80 Å². The fourth-order valence-corrected chi connectivity index (χ4v) is 3.98. The van der Waals surface area contributed by atoms with E-state index in [4.69, 9.17) is 0 Å². The van der Waals surface area contributed by atoms with Crippen LogP contribution in [0.25, 0.3) is 0 Å². The first-order valence-electron chi connectivity index (χ1n) is 9.38. The predicted molar refractivity (Wildman–Crippen MR) is 100 cm³/mol. The monoisotopic (exact) mass is 348 g/mol. The van der Waals surface area contributed by atoms with Gasteiger partial charge in [-0.25, -0.2) is 0 Å². The Morgan fingerprint density at radius 3 is 2.35 bits per heavy atom. The lowest BCUT2D eigenvalue weighted by molar-refractivity contribution is -0.137. The van der Waals surface area contributed by atoms with E-state index < -0.39 is 6.04 Å². The summed E-state index contributed by atoms with van der Waals surface area (Å²) in [5.41, 5.74) is 2.60. The second-order valence-electron chi connectivity index (χ2n) is 7.41. The molecule has 0 radical (unpaired) electrons. The van der Waals surface area contributed by atoms with Gasteiger partial charge in [0, 0.05) is 25.2 Å². The van der Waals surface area contributed by atoms with Gasteiger partial charge in [0.2, 0.25) is 5.91 Å². The van der Waals surface area contributed by atoms with Crippen LogP contribution in [0.4, 0.5) is 0 Å². The minimum Gasteiger partial charge on any atom is -0.341 e. The molecular weight excluding hydrogens is 324 g/mol. The zero-order valence-electron chi connectivity index (χ0n) is 15.1. The van der Waals surface area contributed by atoms with Gasteiger partial charge in [0.15, 0.2) is 0 Å². The Balaban J connectivity index is 1.67. The zero-order chi connectivity index (χ0) is 18.1. The molecule has 0 saturated carbocycles. The number of benzene rings is 2. The van der Waals surface area contributed by atoms with E-state index in [1.54, 1.807) is 4.90 Å². The third-order valence-corrected chi connectivity index (χ3v) is 5.61. The standard InChI is InChI=1S/C22H24N2O2/c1-16-11-13-23(14-12-16)22(26)20(17-7-3-2-4-8-17)24-15-18-9-5-6-10-19(18)21(24)25/h2-10,16,20H,11-15H2,1H3. The molecule has 1 atom stereocenters. The molecule has 1 unspecified atom stereocenters. The molecule has 0 aliphatic carbocycles. The molecule has 0 bridgehead atoms. The van der Waals surface area contributed by atoms with Crippen molar-refractivity contribution in [3.63, 3.8) is 0 Å². The van der Waals surface area contributed by atoms with E-state index in [0.29, 0.717) is 18.0 Å². The van der Waals surface area contributed by atoms with E-state index in [2.05, 4.69) is 6.92 Å². The van der Waals surface area contributed by atoms with E-state index >= 15 is 0 Å². The van der Waals surface area contributed by atoms with E-state index in [9.17, 15) is 9.59 Å². The number of rotatable bonds is 3. The number of carbonyl (C=O) groups is 2. The molecule has 4 nitrogen and oxygen atoms in total. The van der Waals surface area contributed by atoms with Crippen molar-refractivity contribution >= 4 is 11.8 Å². The average Bonchev–Trinajstić information content (AvgIpc) is 3.00.